The number of rotatable bonds is 6. The van der Waals surface area contributed by atoms with Crippen LogP contribution in [-0.2, 0) is 4.79 Å². The lowest BCUT2D eigenvalue weighted by Gasteiger charge is -2.34. The van der Waals surface area contributed by atoms with E-state index in [2.05, 4.69) is 24.1 Å². The van der Waals surface area contributed by atoms with Gasteiger partial charge in [0.25, 0.3) is 11.8 Å². The molecule has 6 nitrogen and oxygen atoms in total. The fraction of sp³-hybridized carbons (Fsp3) is 0.435. The summed E-state index contributed by atoms with van der Waals surface area (Å²) in [6.45, 7) is 7.25. The van der Waals surface area contributed by atoms with Gasteiger partial charge in [-0.15, -0.1) is 0 Å². The Morgan fingerprint density at radius 2 is 1.72 bits per heavy atom. The molecule has 3 rings (SSSR count). The molecular weight excluding hydrogens is 366 g/mol. The van der Waals surface area contributed by atoms with Crippen LogP contribution in [0.15, 0.2) is 48.8 Å². The van der Waals surface area contributed by atoms with Crippen molar-refractivity contribution in [3.05, 3.63) is 59.9 Å². The number of nitrogens with zero attached hydrogens (tertiary/aromatic N) is 2. The Bertz CT molecular complexity index is 830. The number of carbonyl (C=O) groups excluding carboxylic acids is 2. The Labute approximate surface area is 172 Å². The third-order valence-corrected chi connectivity index (χ3v) is 5.28. The van der Waals surface area contributed by atoms with Crippen LogP contribution < -0.4 is 10.1 Å². The van der Waals surface area contributed by atoms with E-state index >= 15 is 0 Å². The molecule has 1 N–H and O–H groups in total. The largest absolute Gasteiger partial charge is 0.481 e. The number of para-hydroxylation sites is 1. The maximum absolute atomic E-state index is 12.8. The van der Waals surface area contributed by atoms with Crippen LogP contribution in [-0.4, -0.2) is 46.9 Å². The minimum Gasteiger partial charge on any atom is -0.481 e. The zero-order valence-corrected chi connectivity index (χ0v) is 17.3. The third kappa shape index (κ3) is 5.34. The summed E-state index contributed by atoms with van der Waals surface area (Å²) < 4.78 is 6.00. The molecule has 2 aromatic rings. The van der Waals surface area contributed by atoms with Crippen LogP contribution in [0.2, 0.25) is 0 Å². The molecule has 1 aromatic carbocycles. The maximum Gasteiger partial charge on any atom is 0.263 e. The van der Waals surface area contributed by atoms with E-state index in [1.165, 1.54) is 0 Å². The normalized spacial score (nSPS) is 15.8. The summed E-state index contributed by atoms with van der Waals surface area (Å²) in [5.74, 6) is 0.984. The standard InChI is InChI=1S/C23H29N3O3/c1-16(2)20-6-4-5-7-21(20)29-17(3)23(28)26-14-10-19(11-15-26)25-22(27)18-8-12-24-13-9-18/h4-9,12-13,16-17,19H,10-11,14-15H2,1-3H3,(H,25,27). The molecule has 0 saturated carbocycles. The van der Waals surface area contributed by atoms with Crippen molar-refractivity contribution in [2.24, 2.45) is 0 Å². The number of hydrogen-bond acceptors (Lipinski definition) is 4. The molecule has 1 atom stereocenters. The minimum atomic E-state index is -0.544. The Kier molecular flexibility index (Phi) is 6.86. The fourth-order valence-electron chi connectivity index (χ4n) is 3.58. The summed E-state index contributed by atoms with van der Waals surface area (Å²) in [7, 11) is 0. The van der Waals surface area contributed by atoms with E-state index < -0.39 is 6.10 Å². The van der Waals surface area contributed by atoms with E-state index in [0.29, 0.717) is 24.6 Å². The van der Waals surface area contributed by atoms with Gasteiger partial charge >= 0.3 is 0 Å². The first-order valence-electron chi connectivity index (χ1n) is 10.2. The van der Waals surface area contributed by atoms with Gasteiger partial charge in [-0.3, -0.25) is 14.6 Å². The van der Waals surface area contributed by atoms with E-state index in [0.717, 1.165) is 24.2 Å². The summed E-state index contributed by atoms with van der Waals surface area (Å²) in [6.07, 6.45) is 4.14. The van der Waals surface area contributed by atoms with Crippen molar-refractivity contribution in [1.82, 2.24) is 15.2 Å². The second-order valence-electron chi connectivity index (χ2n) is 7.76. The molecule has 154 valence electrons. The second-order valence-corrected chi connectivity index (χ2v) is 7.76. The van der Waals surface area contributed by atoms with Gasteiger partial charge in [0.15, 0.2) is 6.10 Å². The lowest BCUT2D eigenvalue weighted by atomic mass is 10.0. The van der Waals surface area contributed by atoms with Crippen LogP contribution in [0, 0.1) is 0 Å². The molecule has 29 heavy (non-hydrogen) atoms. The number of piperidine rings is 1. The first-order chi connectivity index (χ1) is 14.0. The maximum atomic E-state index is 12.8. The van der Waals surface area contributed by atoms with Gasteiger partial charge in [0, 0.05) is 37.1 Å². The lowest BCUT2D eigenvalue weighted by Crippen LogP contribution is -2.49. The average molecular weight is 396 g/mol. The van der Waals surface area contributed by atoms with Crippen LogP contribution >= 0.6 is 0 Å². The Morgan fingerprint density at radius 3 is 2.38 bits per heavy atom. The predicted molar refractivity (Wildman–Crippen MR) is 112 cm³/mol. The number of nitrogens with one attached hydrogen (secondary N) is 1. The van der Waals surface area contributed by atoms with E-state index in [4.69, 9.17) is 4.74 Å². The van der Waals surface area contributed by atoms with Crippen LogP contribution in [0.5, 0.6) is 5.75 Å². The average Bonchev–Trinajstić information content (AvgIpc) is 2.74. The zero-order chi connectivity index (χ0) is 20.8. The quantitative estimate of drug-likeness (QED) is 0.814. The Hall–Kier alpha value is -2.89. The molecule has 1 aliphatic rings. The molecule has 2 amide bonds. The SMILES string of the molecule is CC(Oc1ccccc1C(C)C)C(=O)N1CCC(NC(=O)c2ccncc2)CC1. The number of pyridine rings is 1. The zero-order valence-electron chi connectivity index (χ0n) is 17.3. The molecule has 0 spiro atoms. The van der Waals surface area contributed by atoms with Gasteiger partial charge in [-0.05, 0) is 49.4 Å². The van der Waals surface area contributed by atoms with Crippen LogP contribution in [0.25, 0.3) is 0 Å². The van der Waals surface area contributed by atoms with Crippen molar-refractivity contribution in [3.8, 4) is 5.75 Å². The highest BCUT2D eigenvalue weighted by Gasteiger charge is 2.28. The van der Waals surface area contributed by atoms with E-state index in [1.807, 2.05) is 29.2 Å². The Morgan fingerprint density at radius 1 is 1.07 bits per heavy atom. The predicted octanol–water partition coefficient (Wildman–Crippen LogP) is 3.39. The molecule has 0 aliphatic carbocycles. The summed E-state index contributed by atoms with van der Waals surface area (Å²) in [6, 6.07) is 11.3. The number of ether oxygens (including phenoxy) is 1. The van der Waals surface area contributed by atoms with Crippen molar-refractivity contribution < 1.29 is 14.3 Å². The first-order valence-corrected chi connectivity index (χ1v) is 10.2. The molecule has 0 radical (unpaired) electrons. The van der Waals surface area contributed by atoms with Gasteiger partial charge in [-0.2, -0.15) is 0 Å². The topological polar surface area (TPSA) is 71.5 Å². The molecule has 1 saturated heterocycles. The van der Waals surface area contributed by atoms with Crippen LogP contribution in [0.3, 0.4) is 0 Å². The molecule has 1 aromatic heterocycles. The molecule has 6 heteroatoms. The number of amides is 2. The molecule has 2 heterocycles. The molecule has 1 aliphatic heterocycles. The molecular formula is C23H29N3O3. The third-order valence-electron chi connectivity index (χ3n) is 5.28. The Balaban J connectivity index is 1.51. The summed E-state index contributed by atoms with van der Waals surface area (Å²) in [4.78, 5) is 30.9. The number of hydrogen-bond donors (Lipinski definition) is 1. The van der Waals surface area contributed by atoms with Gasteiger partial charge in [-0.25, -0.2) is 0 Å². The van der Waals surface area contributed by atoms with Gasteiger partial charge in [0.1, 0.15) is 5.75 Å². The van der Waals surface area contributed by atoms with Crippen molar-refractivity contribution in [2.75, 3.05) is 13.1 Å². The highest BCUT2D eigenvalue weighted by molar-refractivity contribution is 5.94. The first kappa shape index (κ1) is 20.8. The molecule has 1 fully saturated rings. The monoisotopic (exact) mass is 395 g/mol. The van der Waals surface area contributed by atoms with Crippen molar-refractivity contribution in [3.63, 3.8) is 0 Å². The highest BCUT2D eigenvalue weighted by Crippen LogP contribution is 2.27. The number of benzene rings is 1. The van der Waals surface area contributed by atoms with Crippen molar-refractivity contribution >= 4 is 11.8 Å². The van der Waals surface area contributed by atoms with Crippen molar-refractivity contribution in [2.45, 2.75) is 51.7 Å². The smallest absolute Gasteiger partial charge is 0.263 e. The summed E-state index contributed by atoms with van der Waals surface area (Å²) in [5.41, 5.74) is 1.70. The number of carbonyl (C=O) groups is 2. The van der Waals surface area contributed by atoms with Gasteiger partial charge in [-0.1, -0.05) is 32.0 Å². The highest BCUT2D eigenvalue weighted by atomic mass is 16.5. The number of likely N-dealkylation sites (tertiary alicyclic amines) is 1. The van der Waals surface area contributed by atoms with Gasteiger partial charge in [0.05, 0.1) is 0 Å². The van der Waals surface area contributed by atoms with Crippen molar-refractivity contribution in [1.29, 1.82) is 0 Å². The minimum absolute atomic E-state index is 0.0116. The fourth-order valence-corrected chi connectivity index (χ4v) is 3.58. The molecule has 1 unspecified atom stereocenters. The lowest BCUT2D eigenvalue weighted by molar-refractivity contribution is -0.139. The van der Waals surface area contributed by atoms with Crippen LogP contribution in [0.1, 0.15) is 55.5 Å². The summed E-state index contributed by atoms with van der Waals surface area (Å²) in [5, 5.41) is 3.05. The van der Waals surface area contributed by atoms with E-state index in [-0.39, 0.29) is 17.9 Å². The van der Waals surface area contributed by atoms with Gasteiger partial charge < -0.3 is 15.0 Å². The van der Waals surface area contributed by atoms with Gasteiger partial charge in [0.2, 0.25) is 0 Å². The summed E-state index contributed by atoms with van der Waals surface area (Å²) >= 11 is 0. The second kappa shape index (κ2) is 9.54. The number of aromatic nitrogens is 1. The molecule has 0 bridgehead atoms. The van der Waals surface area contributed by atoms with E-state index in [1.54, 1.807) is 31.5 Å². The van der Waals surface area contributed by atoms with E-state index in [9.17, 15) is 9.59 Å². The van der Waals surface area contributed by atoms with Crippen LogP contribution in [0.4, 0.5) is 0 Å².